The number of nitrogens with one attached hydrogen (secondary N) is 1. The van der Waals surface area contributed by atoms with E-state index in [0.29, 0.717) is 11.7 Å². The molecule has 3 rings (SSSR count). The Balaban J connectivity index is 1.93. The number of sulfonamides is 1. The van der Waals surface area contributed by atoms with Gasteiger partial charge in [-0.15, -0.1) is 0 Å². The molecule has 0 radical (unpaired) electrons. The zero-order chi connectivity index (χ0) is 15.0. The third-order valence-corrected chi connectivity index (χ3v) is 5.67. The summed E-state index contributed by atoms with van der Waals surface area (Å²) in [5, 5.41) is 4.31. The largest absolute Gasteiger partial charge is 0.272 e. The Morgan fingerprint density at radius 1 is 1.43 bits per heavy atom. The van der Waals surface area contributed by atoms with Crippen LogP contribution in [0.4, 0.5) is 5.13 Å². The number of nitrogens with zero attached hydrogens (tertiary/aromatic N) is 3. The van der Waals surface area contributed by atoms with E-state index in [2.05, 4.69) is 30.7 Å². The summed E-state index contributed by atoms with van der Waals surface area (Å²) in [6, 6.07) is 5.61. The number of hydrogen-bond donors (Lipinski definition) is 1. The molecule has 0 fully saturated rings. The predicted octanol–water partition coefficient (Wildman–Crippen LogP) is 3.08. The van der Waals surface area contributed by atoms with Gasteiger partial charge in [0.05, 0.1) is 16.4 Å². The molecule has 3 aromatic rings. The van der Waals surface area contributed by atoms with Gasteiger partial charge in [-0.3, -0.25) is 9.40 Å². The molecule has 21 heavy (non-hydrogen) atoms. The van der Waals surface area contributed by atoms with Crippen molar-refractivity contribution >= 4 is 52.6 Å². The van der Waals surface area contributed by atoms with Crippen LogP contribution in [-0.2, 0) is 16.6 Å². The highest BCUT2D eigenvalue weighted by molar-refractivity contribution is 9.10. The van der Waals surface area contributed by atoms with Crippen LogP contribution in [0.25, 0.3) is 10.2 Å². The van der Waals surface area contributed by atoms with Crippen LogP contribution in [0.3, 0.4) is 0 Å². The van der Waals surface area contributed by atoms with E-state index in [1.54, 1.807) is 4.68 Å². The van der Waals surface area contributed by atoms with Crippen molar-refractivity contribution in [2.24, 2.45) is 0 Å². The van der Waals surface area contributed by atoms with E-state index in [-0.39, 0.29) is 4.90 Å². The second-order valence-electron chi connectivity index (χ2n) is 4.27. The van der Waals surface area contributed by atoms with Crippen LogP contribution in [0.2, 0.25) is 0 Å². The van der Waals surface area contributed by atoms with Gasteiger partial charge in [0.15, 0.2) is 5.13 Å². The first-order valence-corrected chi connectivity index (χ1v) is 9.18. The normalized spacial score (nSPS) is 11.9. The Morgan fingerprint density at radius 3 is 2.95 bits per heavy atom. The van der Waals surface area contributed by atoms with Crippen LogP contribution >= 0.6 is 27.3 Å². The standard InChI is InChI=1S/C12H11BrN4O2S2/c1-2-17-7-9(6-14-17)21(18,19)16-12-15-10-4-3-8(13)5-11(10)20-12/h3-7H,2H2,1H3,(H,15,16). The molecular formula is C12H11BrN4O2S2. The lowest BCUT2D eigenvalue weighted by molar-refractivity contribution is 0.600. The molecule has 9 heteroatoms. The molecule has 0 aliphatic rings. The highest BCUT2D eigenvalue weighted by atomic mass is 79.9. The lowest BCUT2D eigenvalue weighted by Crippen LogP contribution is -2.12. The third kappa shape index (κ3) is 2.94. The summed E-state index contributed by atoms with van der Waals surface area (Å²) >= 11 is 4.67. The molecule has 1 N–H and O–H groups in total. The van der Waals surface area contributed by atoms with E-state index in [1.807, 2.05) is 25.1 Å². The summed E-state index contributed by atoms with van der Waals surface area (Å²) in [6.45, 7) is 2.51. The van der Waals surface area contributed by atoms with Gasteiger partial charge in [-0.1, -0.05) is 27.3 Å². The molecule has 110 valence electrons. The van der Waals surface area contributed by atoms with Crippen molar-refractivity contribution < 1.29 is 8.42 Å². The van der Waals surface area contributed by atoms with Crippen molar-refractivity contribution in [3.05, 3.63) is 35.1 Å². The molecular weight excluding hydrogens is 376 g/mol. The van der Waals surface area contributed by atoms with Crippen LogP contribution in [-0.4, -0.2) is 23.2 Å². The SMILES string of the molecule is CCn1cc(S(=O)(=O)Nc2nc3ccc(Br)cc3s2)cn1. The van der Waals surface area contributed by atoms with Gasteiger partial charge in [0, 0.05) is 17.2 Å². The van der Waals surface area contributed by atoms with Gasteiger partial charge >= 0.3 is 0 Å². The minimum absolute atomic E-state index is 0.129. The highest BCUT2D eigenvalue weighted by Crippen LogP contribution is 2.29. The number of hydrogen-bond acceptors (Lipinski definition) is 5. The fourth-order valence-corrected chi connectivity index (χ4v) is 4.38. The molecule has 0 atom stereocenters. The molecule has 1 aromatic carbocycles. The number of anilines is 1. The van der Waals surface area contributed by atoms with Crippen molar-refractivity contribution in [1.82, 2.24) is 14.8 Å². The second kappa shape index (κ2) is 5.39. The number of fused-ring (bicyclic) bond motifs is 1. The molecule has 0 aliphatic carbocycles. The van der Waals surface area contributed by atoms with Crippen LogP contribution in [0.15, 0.2) is 40.0 Å². The van der Waals surface area contributed by atoms with Crippen LogP contribution in [0.5, 0.6) is 0 Å². The lowest BCUT2D eigenvalue weighted by Gasteiger charge is -2.01. The average molecular weight is 387 g/mol. The van der Waals surface area contributed by atoms with Crippen molar-refractivity contribution in [1.29, 1.82) is 0 Å². The minimum Gasteiger partial charge on any atom is -0.272 e. The van der Waals surface area contributed by atoms with E-state index in [9.17, 15) is 8.42 Å². The topological polar surface area (TPSA) is 76.9 Å². The van der Waals surface area contributed by atoms with Gasteiger partial charge < -0.3 is 0 Å². The number of benzene rings is 1. The Kier molecular flexibility index (Phi) is 3.72. The zero-order valence-corrected chi connectivity index (χ0v) is 14.2. The zero-order valence-electron chi connectivity index (χ0n) is 10.9. The molecule has 0 spiro atoms. The van der Waals surface area contributed by atoms with Crippen LogP contribution in [0, 0.1) is 0 Å². The number of thiazole rings is 1. The smallest absolute Gasteiger partial charge is 0.266 e. The van der Waals surface area contributed by atoms with Gasteiger partial charge in [-0.05, 0) is 25.1 Å². The minimum atomic E-state index is -3.66. The average Bonchev–Trinajstić information content (AvgIpc) is 3.03. The van der Waals surface area contributed by atoms with Crippen molar-refractivity contribution in [3.63, 3.8) is 0 Å². The maximum Gasteiger partial charge on any atom is 0.266 e. The summed E-state index contributed by atoms with van der Waals surface area (Å²) in [5.74, 6) is 0. The number of aryl methyl sites for hydroxylation is 1. The second-order valence-corrected chi connectivity index (χ2v) is 7.90. The molecule has 0 amide bonds. The summed E-state index contributed by atoms with van der Waals surface area (Å²) in [5.41, 5.74) is 0.755. The third-order valence-electron chi connectivity index (χ3n) is 2.82. The van der Waals surface area contributed by atoms with E-state index in [0.717, 1.165) is 14.7 Å². The fourth-order valence-electron chi connectivity index (χ4n) is 1.77. The van der Waals surface area contributed by atoms with E-state index in [1.165, 1.54) is 23.7 Å². The van der Waals surface area contributed by atoms with Gasteiger partial charge in [0.25, 0.3) is 10.0 Å². The predicted molar refractivity (Wildman–Crippen MR) is 86.0 cm³/mol. The van der Waals surface area contributed by atoms with Gasteiger partial charge in [0.1, 0.15) is 4.90 Å². The van der Waals surface area contributed by atoms with Crippen LogP contribution in [0.1, 0.15) is 6.92 Å². The Labute approximate surface area is 134 Å². The summed E-state index contributed by atoms with van der Waals surface area (Å²) in [4.78, 5) is 4.40. The highest BCUT2D eigenvalue weighted by Gasteiger charge is 2.18. The Hall–Kier alpha value is -1.45. The summed E-state index contributed by atoms with van der Waals surface area (Å²) in [7, 11) is -3.66. The molecule has 0 saturated carbocycles. The molecule has 0 aliphatic heterocycles. The van der Waals surface area contributed by atoms with Gasteiger partial charge in [-0.2, -0.15) is 5.10 Å². The quantitative estimate of drug-likeness (QED) is 0.747. The Bertz CT molecular complexity index is 901. The monoisotopic (exact) mass is 386 g/mol. The molecule has 2 aromatic heterocycles. The first-order chi connectivity index (χ1) is 9.98. The molecule has 0 unspecified atom stereocenters. The van der Waals surface area contributed by atoms with Crippen LogP contribution < -0.4 is 4.72 Å². The number of rotatable bonds is 4. The first kappa shape index (κ1) is 14.5. The first-order valence-electron chi connectivity index (χ1n) is 6.09. The number of aromatic nitrogens is 3. The fraction of sp³-hybridized carbons (Fsp3) is 0.167. The van der Waals surface area contributed by atoms with Crippen molar-refractivity contribution in [3.8, 4) is 0 Å². The molecule has 6 nitrogen and oxygen atoms in total. The summed E-state index contributed by atoms with van der Waals surface area (Å²) < 4.78 is 30.4. The molecule has 2 heterocycles. The van der Waals surface area contributed by atoms with Crippen molar-refractivity contribution in [2.75, 3.05) is 4.72 Å². The van der Waals surface area contributed by atoms with E-state index in [4.69, 9.17) is 0 Å². The number of halogens is 1. The molecule has 0 bridgehead atoms. The van der Waals surface area contributed by atoms with E-state index < -0.39 is 10.0 Å². The Morgan fingerprint density at radius 2 is 2.24 bits per heavy atom. The van der Waals surface area contributed by atoms with Gasteiger partial charge in [0.2, 0.25) is 0 Å². The molecule has 0 saturated heterocycles. The maximum absolute atomic E-state index is 12.3. The summed E-state index contributed by atoms with van der Waals surface area (Å²) in [6.07, 6.45) is 2.82. The maximum atomic E-state index is 12.3. The lowest BCUT2D eigenvalue weighted by atomic mass is 10.3. The van der Waals surface area contributed by atoms with Crippen molar-refractivity contribution in [2.45, 2.75) is 18.4 Å². The van der Waals surface area contributed by atoms with E-state index >= 15 is 0 Å². The van der Waals surface area contributed by atoms with Gasteiger partial charge in [-0.25, -0.2) is 13.4 Å².